The van der Waals surface area contributed by atoms with Crippen molar-refractivity contribution in [3.63, 3.8) is 0 Å². The van der Waals surface area contributed by atoms with Crippen molar-refractivity contribution in [2.45, 2.75) is 30.7 Å². The summed E-state index contributed by atoms with van der Waals surface area (Å²) >= 11 is 0. The van der Waals surface area contributed by atoms with E-state index >= 15 is 0 Å². The number of aliphatic hydroxyl groups excluding tert-OH is 3. The van der Waals surface area contributed by atoms with E-state index in [4.69, 9.17) is 28.1 Å². The molecule has 5 rings (SSSR count). The molecular formula is C32H30O15. The van der Waals surface area contributed by atoms with E-state index < -0.39 is 65.6 Å². The minimum Gasteiger partial charge on any atom is -0.507 e. The first-order valence-corrected chi connectivity index (χ1v) is 13.9. The number of ether oxygens (including phenoxy) is 5. The van der Waals surface area contributed by atoms with Crippen LogP contribution >= 0.6 is 0 Å². The van der Waals surface area contributed by atoms with E-state index in [2.05, 4.69) is 0 Å². The number of esters is 1. The van der Waals surface area contributed by atoms with Gasteiger partial charge in [-0.3, -0.25) is 4.79 Å². The summed E-state index contributed by atoms with van der Waals surface area (Å²) in [6, 6.07) is 10.4. The van der Waals surface area contributed by atoms with Crippen molar-refractivity contribution in [3.8, 4) is 51.6 Å². The Morgan fingerprint density at radius 2 is 1.53 bits per heavy atom. The second-order valence-electron chi connectivity index (χ2n) is 10.3. The zero-order valence-corrected chi connectivity index (χ0v) is 24.8. The molecule has 1 aliphatic heterocycles. The predicted molar refractivity (Wildman–Crippen MR) is 161 cm³/mol. The quantitative estimate of drug-likeness (QED) is 0.101. The van der Waals surface area contributed by atoms with Gasteiger partial charge in [-0.15, -0.1) is 0 Å². The first kappa shape index (κ1) is 32.9. The molecule has 0 aliphatic carbocycles. The molecule has 15 heteroatoms. The Morgan fingerprint density at radius 1 is 0.851 bits per heavy atom. The molecule has 0 saturated carbocycles. The van der Waals surface area contributed by atoms with Crippen LogP contribution in [-0.2, 0) is 14.3 Å². The Balaban J connectivity index is 1.34. The number of fused-ring (bicyclic) bond motifs is 1. The van der Waals surface area contributed by atoms with Crippen LogP contribution in [0.25, 0.3) is 28.4 Å². The van der Waals surface area contributed by atoms with Gasteiger partial charge in [0.25, 0.3) is 0 Å². The van der Waals surface area contributed by atoms with E-state index in [1.807, 2.05) is 0 Å². The predicted octanol–water partition coefficient (Wildman–Crippen LogP) is 1.74. The number of hydrogen-bond acceptors (Lipinski definition) is 15. The van der Waals surface area contributed by atoms with Gasteiger partial charge in [-0.25, -0.2) is 4.79 Å². The number of aliphatic hydroxyl groups is 3. The molecule has 2 heterocycles. The van der Waals surface area contributed by atoms with Gasteiger partial charge in [0, 0.05) is 23.8 Å². The van der Waals surface area contributed by atoms with Crippen molar-refractivity contribution in [2.75, 3.05) is 20.8 Å². The largest absolute Gasteiger partial charge is 0.507 e. The maximum atomic E-state index is 13.0. The van der Waals surface area contributed by atoms with Crippen LogP contribution in [0.4, 0.5) is 0 Å². The number of hydrogen-bond donors (Lipinski definition) is 7. The summed E-state index contributed by atoms with van der Waals surface area (Å²) < 4.78 is 32.2. The van der Waals surface area contributed by atoms with Crippen molar-refractivity contribution in [1.29, 1.82) is 0 Å². The maximum absolute atomic E-state index is 13.0. The Hall–Kier alpha value is -5.48. The average molecular weight is 655 g/mol. The maximum Gasteiger partial charge on any atom is 0.330 e. The second kappa shape index (κ2) is 13.5. The Morgan fingerprint density at radius 3 is 2.23 bits per heavy atom. The molecule has 1 fully saturated rings. The summed E-state index contributed by atoms with van der Waals surface area (Å²) in [7, 11) is 2.67. The Labute approximate surface area is 265 Å². The number of rotatable bonds is 9. The normalized spacial score (nSPS) is 21.1. The highest BCUT2D eigenvalue weighted by molar-refractivity contribution is 5.88. The fourth-order valence-corrected chi connectivity index (χ4v) is 4.81. The molecule has 1 saturated heterocycles. The van der Waals surface area contributed by atoms with Crippen LogP contribution in [0.15, 0.2) is 63.8 Å². The zero-order valence-electron chi connectivity index (χ0n) is 24.8. The molecule has 47 heavy (non-hydrogen) atoms. The molecular weight excluding hydrogens is 624 g/mol. The third-order valence-corrected chi connectivity index (χ3v) is 7.29. The number of carbonyl (C=O) groups excluding carboxylic acids is 1. The number of aromatic hydroxyl groups is 4. The van der Waals surface area contributed by atoms with Crippen molar-refractivity contribution in [2.24, 2.45) is 0 Å². The third-order valence-electron chi connectivity index (χ3n) is 7.29. The molecule has 0 spiro atoms. The summed E-state index contributed by atoms with van der Waals surface area (Å²) in [6.07, 6.45) is -5.89. The van der Waals surface area contributed by atoms with Gasteiger partial charge in [0.05, 0.1) is 14.2 Å². The lowest BCUT2D eigenvalue weighted by atomic mass is 9.99. The van der Waals surface area contributed by atoms with Crippen molar-refractivity contribution in [1.82, 2.24) is 0 Å². The van der Waals surface area contributed by atoms with Crippen LogP contribution in [0.3, 0.4) is 0 Å². The van der Waals surface area contributed by atoms with Gasteiger partial charge < -0.3 is 63.8 Å². The number of methoxy groups -OCH3 is 2. The van der Waals surface area contributed by atoms with Gasteiger partial charge in [-0.2, -0.15) is 0 Å². The van der Waals surface area contributed by atoms with Gasteiger partial charge in [0.15, 0.2) is 28.8 Å². The van der Waals surface area contributed by atoms with E-state index in [0.717, 1.165) is 18.2 Å². The highest BCUT2D eigenvalue weighted by Gasteiger charge is 2.45. The molecule has 1 aliphatic rings. The minimum atomic E-state index is -1.81. The van der Waals surface area contributed by atoms with E-state index in [0.29, 0.717) is 5.56 Å². The smallest absolute Gasteiger partial charge is 0.330 e. The number of phenolic OH excluding ortho intramolecular Hbond substituents is 3. The van der Waals surface area contributed by atoms with Crippen LogP contribution in [0.1, 0.15) is 5.56 Å². The monoisotopic (exact) mass is 654 g/mol. The summed E-state index contributed by atoms with van der Waals surface area (Å²) in [4.78, 5) is 25.3. The second-order valence-corrected chi connectivity index (χ2v) is 10.3. The first-order valence-electron chi connectivity index (χ1n) is 13.9. The first-order chi connectivity index (χ1) is 22.4. The van der Waals surface area contributed by atoms with Crippen LogP contribution in [0.2, 0.25) is 0 Å². The summed E-state index contributed by atoms with van der Waals surface area (Å²) in [5, 5.41) is 71.9. The lowest BCUT2D eigenvalue weighted by Gasteiger charge is -2.39. The van der Waals surface area contributed by atoms with Crippen LogP contribution in [-0.4, -0.2) is 93.2 Å². The highest BCUT2D eigenvalue weighted by Crippen LogP contribution is 2.39. The average Bonchev–Trinajstić information content (AvgIpc) is 3.05. The summed E-state index contributed by atoms with van der Waals surface area (Å²) in [5.41, 5.74) is -0.568. The van der Waals surface area contributed by atoms with Crippen molar-refractivity contribution in [3.05, 3.63) is 70.4 Å². The van der Waals surface area contributed by atoms with Crippen LogP contribution in [0.5, 0.6) is 40.2 Å². The highest BCUT2D eigenvalue weighted by atomic mass is 16.7. The van der Waals surface area contributed by atoms with Gasteiger partial charge in [-0.1, -0.05) is 6.07 Å². The lowest BCUT2D eigenvalue weighted by molar-refractivity contribution is -0.278. The third kappa shape index (κ3) is 6.73. The molecule has 15 nitrogen and oxygen atoms in total. The molecule has 5 atom stereocenters. The van der Waals surface area contributed by atoms with E-state index in [9.17, 15) is 45.3 Å². The number of benzene rings is 3. The lowest BCUT2D eigenvalue weighted by Crippen LogP contribution is -2.60. The van der Waals surface area contributed by atoms with E-state index in [1.54, 1.807) is 0 Å². The Kier molecular flexibility index (Phi) is 9.44. The summed E-state index contributed by atoms with van der Waals surface area (Å²) in [5.74, 6) is -2.93. The van der Waals surface area contributed by atoms with Gasteiger partial charge in [0.1, 0.15) is 53.5 Å². The molecule has 3 aromatic carbocycles. The number of carbonyl (C=O) groups is 1. The topological polar surface area (TPSA) is 235 Å². The Bertz CT molecular complexity index is 1880. The molecule has 4 aromatic rings. The van der Waals surface area contributed by atoms with Crippen LogP contribution < -0.4 is 19.6 Å². The van der Waals surface area contributed by atoms with Gasteiger partial charge in [0.2, 0.25) is 17.5 Å². The fourth-order valence-electron chi connectivity index (χ4n) is 4.81. The molecule has 1 aromatic heterocycles. The van der Waals surface area contributed by atoms with Crippen LogP contribution in [0, 0.1) is 0 Å². The van der Waals surface area contributed by atoms with Crippen molar-refractivity contribution >= 4 is 23.0 Å². The molecule has 0 amide bonds. The van der Waals surface area contributed by atoms with E-state index in [1.165, 1.54) is 56.7 Å². The molecule has 7 N–H and O–H groups in total. The standard InChI is InChI=1S/C32H30O15/c1-42-20-9-14(3-6-17(20)33)4-8-24(36)44-13-23-26(37)28(39)30(41)32(47-23)45-16-11-19(35)25-22(12-16)46-31(29(40)27(25)38)15-5-7-18(34)21(10-15)43-2/h3-12,23,26,28,30,32-35,37,39-41H,13H2,1-2H3. The van der Waals surface area contributed by atoms with Crippen molar-refractivity contribution < 1.29 is 68.6 Å². The summed E-state index contributed by atoms with van der Waals surface area (Å²) in [6.45, 7) is -0.566. The van der Waals surface area contributed by atoms with E-state index in [-0.39, 0.29) is 45.7 Å². The molecule has 248 valence electrons. The number of phenols is 3. The minimum absolute atomic E-state index is 0.0306. The molecule has 5 unspecified atom stereocenters. The van der Waals surface area contributed by atoms with Gasteiger partial charge in [-0.05, 0) is 42.0 Å². The molecule has 0 radical (unpaired) electrons. The zero-order chi connectivity index (χ0) is 34.0. The van der Waals surface area contributed by atoms with Gasteiger partial charge >= 0.3 is 5.97 Å². The molecule has 0 bridgehead atoms. The fraction of sp³-hybridized carbons (Fsp3) is 0.250. The SMILES string of the molecule is COc1cc(C=CC(=O)OCC2OC(Oc3cc(O)c4c(=O)c(O)c(-c5ccc(O)c(OC)c5)oc4c3)C(O)C(O)C2O)ccc1O.